The lowest BCUT2D eigenvalue weighted by Gasteiger charge is -2.32. The number of nitrogens with zero attached hydrogens (tertiary/aromatic N) is 3. The first-order valence-electron chi connectivity index (χ1n) is 11.5. The number of rotatable bonds is 6. The van der Waals surface area contributed by atoms with Crippen molar-refractivity contribution < 1.29 is 14.4 Å². The molecule has 1 atom stereocenters. The van der Waals surface area contributed by atoms with E-state index in [-0.39, 0.29) is 23.6 Å². The van der Waals surface area contributed by atoms with Gasteiger partial charge < -0.3 is 15.1 Å². The van der Waals surface area contributed by atoms with Crippen LogP contribution < -0.4 is 5.32 Å². The van der Waals surface area contributed by atoms with E-state index < -0.39 is 0 Å². The number of hydrogen-bond acceptors (Lipinski definition) is 5. The van der Waals surface area contributed by atoms with E-state index in [0.29, 0.717) is 30.2 Å². The highest BCUT2D eigenvalue weighted by Gasteiger charge is 2.30. The van der Waals surface area contributed by atoms with Gasteiger partial charge >= 0.3 is 0 Å². The maximum absolute atomic E-state index is 13.4. The summed E-state index contributed by atoms with van der Waals surface area (Å²) in [7, 11) is 0. The minimum atomic E-state index is -0.276. The molecular weight excluding hydrogens is 436 g/mol. The Morgan fingerprint density at radius 3 is 2.55 bits per heavy atom. The van der Waals surface area contributed by atoms with Gasteiger partial charge in [0.05, 0.1) is 17.2 Å². The molecule has 1 aromatic carbocycles. The van der Waals surface area contributed by atoms with Crippen LogP contribution in [0.15, 0.2) is 47.4 Å². The van der Waals surface area contributed by atoms with Gasteiger partial charge in [-0.2, -0.15) is 0 Å². The number of likely N-dealkylation sites (tertiary alicyclic amines) is 2. The van der Waals surface area contributed by atoms with Crippen molar-refractivity contribution in [2.24, 2.45) is 5.92 Å². The Morgan fingerprint density at radius 1 is 1.00 bits per heavy atom. The van der Waals surface area contributed by atoms with Crippen LogP contribution in [-0.2, 0) is 9.59 Å². The fraction of sp³-hybridized carbons (Fsp3) is 0.440. The molecular formula is C25H30N4O3S. The van der Waals surface area contributed by atoms with E-state index in [1.807, 2.05) is 48.2 Å². The molecule has 0 saturated carbocycles. The molecule has 3 amide bonds. The number of carbonyl (C=O) groups excluding carboxylic acids is 3. The number of hydrogen-bond donors (Lipinski definition) is 1. The lowest BCUT2D eigenvalue weighted by atomic mass is 9.96. The number of thioether (sulfide) groups is 1. The lowest BCUT2D eigenvalue weighted by Crippen LogP contribution is -2.44. The van der Waals surface area contributed by atoms with Crippen molar-refractivity contribution in [3.05, 3.63) is 53.7 Å². The first-order valence-corrected chi connectivity index (χ1v) is 12.5. The zero-order valence-electron chi connectivity index (χ0n) is 19.0. The highest BCUT2D eigenvalue weighted by atomic mass is 32.2. The Morgan fingerprint density at radius 2 is 1.76 bits per heavy atom. The summed E-state index contributed by atoms with van der Waals surface area (Å²) < 4.78 is 0. The predicted octanol–water partition coefficient (Wildman–Crippen LogP) is 3.60. The van der Waals surface area contributed by atoms with Gasteiger partial charge in [-0.3, -0.25) is 14.4 Å². The molecule has 0 radical (unpaired) electrons. The van der Waals surface area contributed by atoms with E-state index in [0.717, 1.165) is 49.4 Å². The van der Waals surface area contributed by atoms with Crippen LogP contribution in [0.3, 0.4) is 0 Å². The van der Waals surface area contributed by atoms with Crippen molar-refractivity contribution in [2.75, 3.05) is 37.2 Å². The number of pyridine rings is 1. The minimum absolute atomic E-state index is 0.0853. The second-order valence-corrected chi connectivity index (χ2v) is 9.63. The van der Waals surface area contributed by atoms with Gasteiger partial charge in [-0.05, 0) is 56.9 Å². The van der Waals surface area contributed by atoms with Gasteiger partial charge in [-0.1, -0.05) is 18.2 Å². The first kappa shape index (κ1) is 23.3. The van der Waals surface area contributed by atoms with Crippen LogP contribution in [-0.4, -0.2) is 64.4 Å². The van der Waals surface area contributed by atoms with Crippen molar-refractivity contribution in [3.8, 4) is 0 Å². The number of aromatic nitrogens is 1. The van der Waals surface area contributed by atoms with Crippen LogP contribution in [0.4, 0.5) is 5.82 Å². The van der Waals surface area contributed by atoms with Crippen molar-refractivity contribution in [2.45, 2.75) is 37.5 Å². The quantitative estimate of drug-likeness (QED) is 0.658. The lowest BCUT2D eigenvalue weighted by molar-refractivity contribution is -0.127. The molecule has 4 rings (SSSR count). The van der Waals surface area contributed by atoms with E-state index in [4.69, 9.17) is 0 Å². The molecule has 7 nitrogen and oxygen atoms in total. The molecule has 33 heavy (non-hydrogen) atoms. The number of nitrogens with one attached hydrogen (secondary N) is 1. The molecule has 2 fully saturated rings. The number of amides is 3. The molecule has 0 bridgehead atoms. The predicted molar refractivity (Wildman–Crippen MR) is 129 cm³/mol. The zero-order valence-corrected chi connectivity index (χ0v) is 19.8. The zero-order chi connectivity index (χ0) is 23.2. The highest BCUT2D eigenvalue weighted by molar-refractivity contribution is 8.00. The van der Waals surface area contributed by atoms with E-state index in [2.05, 4.69) is 10.3 Å². The summed E-state index contributed by atoms with van der Waals surface area (Å²) in [6.45, 7) is 4.54. The Hall–Kier alpha value is -2.87. The van der Waals surface area contributed by atoms with Crippen LogP contribution in [0.1, 0.15) is 41.7 Å². The Balaban J connectivity index is 1.39. The normalized spacial score (nSPS) is 18.3. The van der Waals surface area contributed by atoms with Crippen LogP contribution in [0, 0.1) is 12.8 Å². The maximum Gasteiger partial charge on any atom is 0.255 e. The summed E-state index contributed by atoms with van der Waals surface area (Å²) in [5, 5.41) is 2.89. The summed E-state index contributed by atoms with van der Waals surface area (Å²) in [6, 6.07) is 13.0. The Kier molecular flexibility index (Phi) is 7.65. The average molecular weight is 467 g/mol. The third-order valence-corrected chi connectivity index (χ3v) is 7.20. The number of anilines is 1. The molecule has 2 saturated heterocycles. The summed E-state index contributed by atoms with van der Waals surface area (Å²) >= 11 is 1.42. The second-order valence-electron chi connectivity index (χ2n) is 8.62. The van der Waals surface area contributed by atoms with Crippen molar-refractivity contribution in [1.82, 2.24) is 14.8 Å². The van der Waals surface area contributed by atoms with Gasteiger partial charge in [0.25, 0.3) is 5.91 Å². The molecule has 2 aliphatic rings. The van der Waals surface area contributed by atoms with E-state index in [9.17, 15) is 14.4 Å². The average Bonchev–Trinajstić information content (AvgIpc) is 3.38. The Bertz CT molecular complexity index is 1020. The molecule has 3 heterocycles. The SMILES string of the molecule is Cc1cccc(NC(=O)C2CCCN(C(=O)c3ccccc3SCC(=O)N3CCCC3)C2)n1. The van der Waals surface area contributed by atoms with Crippen molar-refractivity contribution >= 4 is 35.3 Å². The van der Waals surface area contributed by atoms with Gasteiger partial charge in [0, 0.05) is 36.8 Å². The van der Waals surface area contributed by atoms with Crippen LogP contribution >= 0.6 is 11.8 Å². The Labute approximate surface area is 198 Å². The fourth-order valence-corrected chi connectivity index (χ4v) is 5.30. The van der Waals surface area contributed by atoms with Crippen LogP contribution in [0.2, 0.25) is 0 Å². The fourth-order valence-electron chi connectivity index (χ4n) is 4.35. The van der Waals surface area contributed by atoms with Crippen LogP contribution in [0.5, 0.6) is 0 Å². The summed E-state index contributed by atoms with van der Waals surface area (Å²) in [5.74, 6) is 0.523. The molecule has 0 aliphatic carbocycles. The van der Waals surface area contributed by atoms with Gasteiger partial charge in [-0.25, -0.2) is 4.98 Å². The molecule has 1 unspecified atom stereocenters. The summed E-state index contributed by atoms with van der Waals surface area (Å²) in [5.41, 5.74) is 1.43. The van der Waals surface area contributed by atoms with Gasteiger partial charge in [0.1, 0.15) is 5.82 Å². The highest BCUT2D eigenvalue weighted by Crippen LogP contribution is 2.27. The summed E-state index contributed by atoms with van der Waals surface area (Å²) in [4.78, 5) is 47.4. The molecule has 1 N–H and O–H groups in total. The number of benzene rings is 1. The summed E-state index contributed by atoms with van der Waals surface area (Å²) in [6.07, 6.45) is 3.64. The second kappa shape index (κ2) is 10.8. The van der Waals surface area contributed by atoms with Gasteiger partial charge in [0.2, 0.25) is 11.8 Å². The maximum atomic E-state index is 13.4. The van der Waals surface area contributed by atoms with E-state index >= 15 is 0 Å². The first-order chi connectivity index (χ1) is 16.0. The third-order valence-electron chi connectivity index (χ3n) is 6.15. The monoisotopic (exact) mass is 466 g/mol. The topological polar surface area (TPSA) is 82.6 Å². The number of carbonyl (C=O) groups is 3. The van der Waals surface area contributed by atoms with E-state index in [1.165, 1.54) is 11.8 Å². The van der Waals surface area contributed by atoms with Gasteiger partial charge in [-0.15, -0.1) is 11.8 Å². The number of aryl methyl sites for hydroxylation is 1. The van der Waals surface area contributed by atoms with Gasteiger partial charge in [0.15, 0.2) is 0 Å². The molecule has 0 spiro atoms. The molecule has 174 valence electrons. The molecule has 8 heteroatoms. The smallest absolute Gasteiger partial charge is 0.255 e. The van der Waals surface area contributed by atoms with Crippen molar-refractivity contribution in [3.63, 3.8) is 0 Å². The van der Waals surface area contributed by atoms with Crippen LogP contribution in [0.25, 0.3) is 0 Å². The van der Waals surface area contributed by atoms with Crippen molar-refractivity contribution in [1.29, 1.82) is 0 Å². The third kappa shape index (κ3) is 5.93. The van der Waals surface area contributed by atoms with E-state index in [1.54, 1.807) is 11.0 Å². The standard InChI is InChI=1S/C25H30N4O3S/c1-18-8-6-12-22(26-18)27-24(31)19-9-7-15-29(16-19)25(32)20-10-2-3-11-21(20)33-17-23(30)28-13-4-5-14-28/h2-3,6,8,10-12,19H,4-5,7,9,13-17H2,1H3,(H,26,27,31). The minimum Gasteiger partial charge on any atom is -0.342 e. The largest absolute Gasteiger partial charge is 0.342 e. The molecule has 2 aliphatic heterocycles. The number of piperidine rings is 1. The molecule has 2 aromatic rings. The molecule has 1 aromatic heterocycles.